The Morgan fingerprint density at radius 3 is 2.88 bits per heavy atom. The van der Waals surface area contributed by atoms with Crippen LogP contribution in [0.3, 0.4) is 0 Å². The van der Waals surface area contributed by atoms with Crippen LogP contribution in [0, 0.1) is 0 Å². The van der Waals surface area contributed by atoms with Gasteiger partial charge in [-0.2, -0.15) is 5.10 Å². The summed E-state index contributed by atoms with van der Waals surface area (Å²) in [4.78, 5) is 15.1. The molecule has 0 spiro atoms. The van der Waals surface area contributed by atoms with Crippen LogP contribution in [0.1, 0.15) is 10.5 Å². The second-order valence-electron chi connectivity index (χ2n) is 5.29. The van der Waals surface area contributed by atoms with E-state index >= 15 is 0 Å². The van der Waals surface area contributed by atoms with Crippen molar-refractivity contribution in [2.45, 2.75) is 5.88 Å². The second kappa shape index (κ2) is 6.96. The van der Waals surface area contributed by atoms with Crippen LogP contribution in [-0.2, 0) is 5.88 Å². The van der Waals surface area contributed by atoms with Gasteiger partial charge in [-0.1, -0.05) is 18.2 Å². The largest absolute Gasteiger partial charge is 1.00 e. The first-order valence-electron chi connectivity index (χ1n) is 7.22. The third-order valence-electron chi connectivity index (χ3n) is 3.83. The molecule has 3 aromatic heterocycles. The summed E-state index contributed by atoms with van der Waals surface area (Å²) < 4.78 is 7.37. The van der Waals surface area contributed by atoms with Crippen molar-refractivity contribution in [1.29, 1.82) is 0 Å². The van der Waals surface area contributed by atoms with E-state index in [9.17, 15) is 9.90 Å². The van der Waals surface area contributed by atoms with Gasteiger partial charge in [-0.3, -0.25) is 9.67 Å². The molecule has 1 aromatic carbocycles. The zero-order valence-electron chi connectivity index (χ0n) is 13.7. The van der Waals surface area contributed by atoms with Gasteiger partial charge in [0.15, 0.2) is 0 Å². The van der Waals surface area contributed by atoms with Crippen LogP contribution in [0.15, 0.2) is 47.2 Å². The number of nitrogens with zero attached hydrogens (tertiary/aromatic N) is 3. The number of aromatic carboxylic acids is 1. The molecule has 8 heteroatoms. The van der Waals surface area contributed by atoms with Gasteiger partial charge in [-0.15, -0.1) is 11.8 Å². The maximum atomic E-state index is 11.1. The Hall–Kier alpha value is -2.20. The van der Waals surface area contributed by atoms with Crippen LogP contribution in [0.4, 0.5) is 0 Å². The predicted molar refractivity (Wildman–Crippen MR) is 90.6 cm³/mol. The molecule has 3 heterocycles. The first-order valence-corrected chi connectivity index (χ1v) is 8.62. The Labute approximate surface area is 159 Å². The fourth-order valence-corrected chi connectivity index (χ4v) is 3.20. The van der Waals surface area contributed by atoms with E-state index in [1.807, 2.05) is 30.5 Å². The van der Waals surface area contributed by atoms with Gasteiger partial charge < -0.3 is 14.3 Å². The first kappa shape index (κ1) is 17.6. The van der Waals surface area contributed by atoms with Crippen molar-refractivity contribution in [1.82, 2.24) is 14.8 Å². The molecular formula is C17H12LiN3O3S. The van der Waals surface area contributed by atoms with Gasteiger partial charge in [0, 0.05) is 22.5 Å². The third-order valence-corrected chi connectivity index (χ3v) is 4.34. The van der Waals surface area contributed by atoms with E-state index in [4.69, 9.17) is 4.42 Å². The van der Waals surface area contributed by atoms with Crippen LogP contribution in [0.5, 0.6) is 0 Å². The summed E-state index contributed by atoms with van der Waals surface area (Å²) in [5, 5.41) is 17.5. The van der Waals surface area contributed by atoms with Gasteiger partial charge in [0.1, 0.15) is 17.5 Å². The summed E-state index contributed by atoms with van der Waals surface area (Å²) in [5.74, 6) is -0.702. The Bertz CT molecular complexity index is 1070. The average molecular weight is 345 g/mol. The number of para-hydroxylation sites is 1. The fraction of sp³-hybridized carbons (Fsp3) is 0.118. The number of benzene rings is 1. The normalized spacial score (nSPS) is 10.9. The van der Waals surface area contributed by atoms with Crippen molar-refractivity contribution in [2.75, 3.05) is 6.26 Å². The average Bonchev–Trinajstić information content (AvgIpc) is 3.16. The van der Waals surface area contributed by atoms with Crippen LogP contribution in [0.25, 0.3) is 33.1 Å². The molecule has 4 rings (SSSR count). The van der Waals surface area contributed by atoms with E-state index in [0.29, 0.717) is 11.4 Å². The molecule has 0 unspecified atom stereocenters. The second-order valence-corrected chi connectivity index (χ2v) is 6.12. The quantitative estimate of drug-likeness (QED) is 0.465. The molecule has 0 aliphatic carbocycles. The molecule has 0 N–H and O–H groups in total. The van der Waals surface area contributed by atoms with E-state index in [1.54, 1.807) is 22.7 Å². The van der Waals surface area contributed by atoms with Gasteiger partial charge in [-0.25, -0.2) is 0 Å². The molecule has 0 amide bonds. The van der Waals surface area contributed by atoms with Crippen LogP contribution in [-0.4, -0.2) is 27.0 Å². The van der Waals surface area contributed by atoms with Crippen LogP contribution in [0.2, 0.25) is 0 Å². The number of hydrogen-bond acceptors (Lipinski definition) is 6. The third kappa shape index (κ3) is 2.95. The molecule has 4 aromatic rings. The van der Waals surface area contributed by atoms with Gasteiger partial charge in [-0.05, 0) is 18.4 Å². The maximum absolute atomic E-state index is 11.1. The summed E-state index contributed by atoms with van der Waals surface area (Å²) in [6.45, 7) is 0. The number of carboxylic acids is 1. The van der Waals surface area contributed by atoms with Crippen molar-refractivity contribution >= 4 is 39.6 Å². The van der Waals surface area contributed by atoms with Gasteiger partial charge in [0.05, 0.1) is 23.1 Å². The molecule has 0 saturated carbocycles. The molecule has 25 heavy (non-hydrogen) atoms. The molecule has 0 aliphatic heterocycles. The summed E-state index contributed by atoms with van der Waals surface area (Å²) >= 11 is 1.59. The van der Waals surface area contributed by atoms with E-state index in [2.05, 4.69) is 10.1 Å². The zero-order valence-corrected chi connectivity index (χ0v) is 14.5. The first-order chi connectivity index (χ1) is 11.7. The summed E-state index contributed by atoms with van der Waals surface area (Å²) in [7, 11) is 0. The van der Waals surface area contributed by atoms with E-state index < -0.39 is 5.97 Å². The van der Waals surface area contributed by atoms with Crippen molar-refractivity contribution in [3.63, 3.8) is 0 Å². The standard InChI is InChI=1S/C17H13N3O3S.Li/c1-24-9-20-14-6-13(17(21)22)18-7-11(14)16(19-20)12-8-23-15-5-3-2-4-10(12)15;/h2-8H,9H2,1H3,(H,21,22);/q;+1/p-1. The predicted octanol–water partition coefficient (Wildman–Crippen LogP) is -0.468. The monoisotopic (exact) mass is 345 g/mol. The summed E-state index contributed by atoms with van der Waals surface area (Å²) in [6.07, 6.45) is 5.16. The van der Waals surface area contributed by atoms with E-state index in [0.717, 1.165) is 27.6 Å². The number of aromatic nitrogens is 3. The van der Waals surface area contributed by atoms with Crippen molar-refractivity contribution in [3.05, 3.63) is 48.5 Å². The topological polar surface area (TPSA) is 84.0 Å². The van der Waals surface area contributed by atoms with Crippen LogP contribution < -0.4 is 24.0 Å². The van der Waals surface area contributed by atoms with Gasteiger partial charge in [0.25, 0.3) is 0 Å². The molecule has 0 atom stereocenters. The number of thioether (sulfide) groups is 1. The number of fused-ring (bicyclic) bond motifs is 2. The molecular weight excluding hydrogens is 333 g/mol. The summed E-state index contributed by atoms with van der Waals surface area (Å²) in [5.41, 5.74) is 2.96. The van der Waals surface area contributed by atoms with Gasteiger partial charge in [0.2, 0.25) is 0 Å². The van der Waals surface area contributed by atoms with Crippen molar-refractivity contribution in [2.24, 2.45) is 0 Å². The minimum atomic E-state index is -1.30. The number of rotatable bonds is 4. The molecule has 0 radical (unpaired) electrons. The molecule has 0 aliphatic rings. The SMILES string of the molecule is CSCn1nc(-c2coc3ccccc23)c2cnc(C(=O)[O-])cc21.[Li+]. The Balaban J connectivity index is 0.00000182. The Morgan fingerprint density at radius 1 is 1.32 bits per heavy atom. The fourth-order valence-electron chi connectivity index (χ4n) is 2.76. The van der Waals surface area contributed by atoms with Crippen molar-refractivity contribution in [3.8, 4) is 11.3 Å². The number of carbonyl (C=O) groups is 1. The van der Waals surface area contributed by atoms with E-state index in [-0.39, 0.29) is 24.6 Å². The molecule has 0 saturated heterocycles. The molecule has 120 valence electrons. The molecule has 6 nitrogen and oxygen atoms in total. The number of furan rings is 1. The van der Waals surface area contributed by atoms with Crippen molar-refractivity contribution < 1.29 is 33.2 Å². The Kier molecular flexibility index (Phi) is 4.91. The number of carbonyl (C=O) groups excluding carboxylic acids is 1. The molecule has 0 fully saturated rings. The van der Waals surface area contributed by atoms with Crippen LogP contribution >= 0.6 is 11.8 Å². The maximum Gasteiger partial charge on any atom is 1.00 e. The zero-order chi connectivity index (χ0) is 16.7. The number of carboxylic acid groups (broad SMARTS) is 1. The van der Waals surface area contributed by atoms with E-state index in [1.165, 1.54) is 12.3 Å². The Morgan fingerprint density at radius 2 is 2.12 bits per heavy atom. The minimum Gasteiger partial charge on any atom is -0.543 e. The van der Waals surface area contributed by atoms with Gasteiger partial charge >= 0.3 is 18.9 Å². The molecule has 0 bridgehead atoms. The smallest absolute Gasteiger partial charge is 0.543 e. The minimum absolute atomic E-state index is 0. The number of pyridine rings is 1. The summed E-state index contributed by atoms with van der Waals surface area (Å²) in [6, 6.07) is 9.21. The number of hydrogen-bond donors (Lipinski definition) is 0.